The second-order valence-corrected chi connectivity index (χ2v) is 4.22. The quantitative estimate of drug-likeness (QED) is 0.530. The summed E-state index contributed by atoms with van der Waals surface area (Å²) in [5.74, 6) is 0. The smallest absolute Gasteiger partial charge is 0.314 e. The maximum atomic E-state index is 11.3. The average molecular weight is 256 g/mol. The summed E-state index contributed by atoms with van der Waals surface area (Å²) in [5, 5.41) is 3.23. The van der Waals surface area contributed by atoms with Gasteiger partial charge in [-0.05, 0) is 30.3 Å². The van der Waals surface area contributed by atoms with Gasteiger partial charge < -0.3 is 20.3 Å². The summed E-state index contributed by atoms with van der Waals surface area (Å²) >= 11 is 0. The van der Waals surface area contributed by atoms with E-state index in [0.29, 0.717) is 17.6 Å². The highest BCUT2D eigenvalue weighted by Gasteiger charge is 2.01. The van der Waals surface area contributed by atoms with E-state index in [4.69, 9.17) is 0 Å². The molecule has 1 aromatic carbocycles. The van der Waals surface area contributed by atoms with Crippen LogP contribution >= 0.6 is 0 Å². The highest BCUT2D eigenvalue weighted by molar-refractivity contribution is 5.78. The maximum Gasteiger partial charge on any atom is 0.314 e. The zero-order valence-corrected chi connectivity index (χ0v) is 9.99. The normalized spacial score (nSPS) is 10.7. The lowest BCUT2D eigenvalue weighted by molar-refractivity contribution is 1.07. The molecule has 0 atom stereocenters. The Balaban J connectivity index is 1.91. The van der Waals surface area contributed by atoms with Crippen LogP contribution in [0.15, 0.2) is 46.1 Å². The van der Waals surface area contributed by atoms with E-state index in [2.05, 4.69) is 20.3 Å². The number of anilines is 1. The molecule has 0 bridgehead atoms. The summed E-state index contributed by atoms with van der Waals surface area (Å²) in [6, 6.07) is 9.30. The van der Waals surface area contributed by atoms with Gasteiger partial charge in [-0.2, -0.15) is 0 Å². The van der Waals surface area contributed by atoms with E-state index >= 15 is 0 Å². The molecule has 0 aliphatic rings. The topological polar surface area (TPSA) is 93.5 Å². The lowest BCUT2D eigenvalue weighted by atomic mass is 10.2. The van der Waals surface area contributed by atoms with E-state index in [-0.39, 0.29) is 0 Å². The minimum atomic E-state index is -0.644. The van der Waals surface area contributed by atoms with Gasteiger partial charge in [-0.25, -0.2) is 0 Å². The molecular weight excluding hydrogens is 244 g/mol. The largest absolute Gasteiger partial charge is 0.379 e. The molecule has 0 fully saturated rings. The van der Waals surface area contributed by atoms with Gasteiger partial charge in [0.2, 0.25) is 0 Å². The SMILES string of the molecule is O=c1[nH]c2ccc(NCc3ccc[nH]3)cc2[nH]c1=O. The van der Waals surface area contributed by atoms with Crippen molar-refractivity contribution in [2.75, 3.05) is 5.32 Å². The van der Waals surface area contributed by atoms with Gasteiger partial charge in [0, 0.05) is 17.6 Å². The third kappa shape index (κ3) is 2.28. The highest BCUT2D eigenvalue weighted by atomic mass is 16.2. The molecule has 0 aliphatic carbocycles. The standard InChI is InChI=1S/C13H12N4O2/c18-12-13(19)17-11-6-8(3-4-10(11)16-12)15-7-9-2-1-5-14-9/h1-6,14-15H,7H2,(H,16,18)(H,17,19). The molecule has 0 radical (unpaired) electrons. The summed E-state index contributed by atoms with van der Waals surface area (Å²) in [7, 11) is 0. The molecule has 6 nitrogen and oxygen atoms in total. The number of aromatic amines is 3. The van der Waals surface area contributed by atoms with E-state index in [1.807, 2.05) is 24.4 Å². The molecule has 19 heavy (non-hydrogen) atoms. The van der Waals surface area contributed by atoms with Crippen molar-refractivity contribution in [2.45, 2.75) is 6.54 Å². The number of H-pyrrole nitrogens is 3. The summed E-state index contributed by atoms with van der Waals surface area (Å²) < 4.78 is 0. The van der Waals surface area contributed by atoms with Crippen molar-refractivity contribution in [1.82, 2.24) is 15.0 Å². The zero-order valence-electron chi connectivity index (χ0n) is 9.99. The van der Waals surface area contributed by atoms with Crippen molar-refractivity contribution in [3.63, 3.8) is 0 Å². The predicted molar refractivity (Wildman–Crippen MR) is 73.3 cm³/mol. The Bertz CT molecular complexity index is 815. The second-order valence-electron chi connectivity index (χ2n) is 4.22. The van der Waals surface area contributed by atoms with Crippen LogP contribution < -0.4 is 16.4 Å². The van der Waals surface area contributed by atoms with Crippen LogP contribution in [-0.4, -0.2) is 15.0 Å². The fourth-order valence-electron chi connectivity index (χ4n) is 1.90. The Kier molecular flexibility index (Phi) is 2.68. The molecule has 96 valence electrons. The first kappa shape index (κ1) is 11.3. The van der Waals surface area contributed by atoms with E-state index in [9.17, 15) is 9.59 Å². The molecule has 2 aromatic heterocycles. The van der Waals surface area contributed by atoms with Gasteiger partial charge >= 0.3 is 11.1 Å². The van der Waals surface area contributed by atoms with Gasteiger partial charge in [-0.3, -0.25) is 9.59 Å². The van der Waals surface area contributed by atoms with E-state index in [1.54, 1.807) is 12.1 Å². The average Bonchev–Trinajstić information content (AvgIpc) is 2.91. The van der Waals surface area contributed by atoms with Gasteiger partial charge in [0.05, 0.1) is 17.6 Å². The summed E-state index contributed by atoms with van der Waals surface area (Å²) in [6.45, 7) is 0.659. The fraction of sp³-hybridized carbons (Fsp3) is 0.0769. The Labute approximate surface area is 107 Å². The molecule has 0 spiro atoms. The maximum absolute atomic E-state index is 11.3. The van der Waals surface area contributed by atoms with Crippen molar-refractivity contribution < 1.29 is 0 Å². The van der Waals surface area contributed by atoms with E-state index in [1.165, 1.54) is 0 Å². The number of nitrogens with one attached hydrogen (secondary N) is 4. The number of fused-ring (bicyclic) bond motifs is 1. The summed E-state index contributed by atoms with van der Waals surface area (Å²) in [4.78, 5) is 30.6. The Morgan fingerprint density at radius 1 is 1.00 bits per heavy atom. The third-order valence-corrected chi connectivity index (χ3v) is 2.87. The van der Waals surface area contributed by atoms with Crippen LogP contribution in [0.2, 0.25) is 0 Å². The lowest BCUT2D eigenvalue weighted by Crippen LogP contribution is -2.28. The van der Waals surface area contributed by atoms with E-state index < -0.39 is 11.1 Å². The molecule has 3 aromatic rings. The van der Waals surface area contributed by atoms with Gasteiger partial charge in [-0.1, -0.05) is 0 Å². The Hall–Kier alpha value is -2.76. The molecule has 6 heteroatoms. The number of benzene rings is 1. The molecule has 0 unspecified atom stereocenters. The first-order valence-corrected chi connectivity index (χ1v) is 5.85. The molecule has 4 N–H and O–H groups in total. The first-order valence-electron chi connectivity index (χ1n) is 5.85. The Morgan fingerprint density at radius 2 is 1.79 bits per heavy atom. The van der Waals surface area contributed by atoms with Crippen LogP contribution in [0.25, 0.3) is 11.0 Å². The lowest BCUT2D eigenvalue weighted by Gasteiger charge is -2.06. The number of aromatic nitrogens is 3. The van der Waals surface area contributed by atoms with Crippen LogP contribution in [0.3, 0.4) is 0 Å². The van der Waals surface area contributed by atoms with Crippen LogP contribution in [0.4, 0.5) is 5.69 Å². The number of hydrogen-bond acceptors (Lipinski definition) is 3. The van der Waals surface area contributed by atoms with Crippen molar-refractivity contribution in [2.24, 2.45) is 0 Å². The zero-order chi connectivity index (χ0) is 13.2. The highest BCUT2D eigenvalue weighted by Crippen LogP contribution is 2.14. The predicted octanol–water partition coefficient (Wildman–Crippen LogP) is 1.16. The minimum Gasteiger partial charge on any atom is -0.379 e. The molecular formula is C13H12N4O2. The van der Waals surface area contributed by atoms with Crippen molar-refractivity contribution in [3.05, 3.63) is 62.9 Å². The fourth-order valence-corrected chi connectivity index (χ4v) is 1.90. The van der Waals surface area contributed by atoms with Crippen LogP contribution in [0.5, 0.6) is 0 Å². The first-order chi connectivity index (χ1) is 9.22. The van der Waals surface area contributed by atoms with Crippen LogP contribution in [0.1, 0.15) is 5.69 Å². The van der Waals surface area contributed by atoms with Crippen LogP contribution in [-0.2, 0) is 6.54 Å². The van der Waals surface area contributed by atoms with Gasteiger partial charge in [0.25, 0.3) is 0 Å². The molecule has 3 rings (SSSR count). The van der Waals surface area contributed by atoms with Crippen molar-refractivity contribution >= 4 is 16.7 Å². The third-order valence-electron chi connectivity index (χ3n) is 2.87. The number of rotatable bonds is 3. The second kappa shape index (κ2) is 4.49. The minimum absolute atomic E-state index is 0.598. The van der Waals surface area contributed by atoms with Crippen molar-refractivity contribution in [1.29, 1.82) is 0 Å². The molecule has 2 heterocycles. The van der Waals surface area contributed by atoms with Crippen LogP contribution in [0, 0.1) is 0 Å². The molecule has 0 saturated heterocycles. The van der Waals surface area contributed by atoms with E-state index in [0.717, 1.165) is 11.4 Å². The Morgan fingerprint density at radius 3 is 2.53 bits per heavy atom. The molecule has 0 amide bonds. The summed E-state index contributed by atoms with van der Waals surface area (Å²) in [6.07, 6.45) is 1.86. The number of hydrogen-bond donors (Lipinski definition) is 4. The van der Waals surface area contributed by atoms with Crippen molar-refractivity contribution in [3.8, 4) is 0 Å². The van der Waals surface area contributed by atoms with Gasteiger partial charge in [0.15, 0.2) is 0 Å². The molecule has 0 aliphatic heterocycles. The monoisotopic (exact) mass is 256 g/mol. The summed E-state index contributed by atoms with van der Waals surface area (Å²) in [5.41, 5.74) is 1.85. The van der Waals surface area contributed by atoms with Gasteiger partial charge in [-0.15, -0.1) is 0 Å². The molecule has 0 saturated carbocycles. The van der Waals surface area contributed by atoms with Gasteiger partial charge in [0.1, 0.15) is 0 Å².